The SMILES string of the molecule is COC1C(N=[N+]=[N-])[C@@H](OC(C)=O)C(COC(C)=O)O[C@@]12CN2. The number of ether oxygens (including phenoxy) is 4. The zero-order valence-electron chi connectivity index (χ0n) is 12.5. The van der Waals surface area contributed by atoms with Gasteiger partial charge in [0, 0.05) is 32.4 Å². The summed E-state index contributed by atoms with van der Waals surface area (Å²) in [5.41, 5.74) is 7.97. The van der Waals surface area contributed by atoms with Crippen molar-refractivity contribution in [1.82, 2.24) is 5.32 Å². The average Bonchev–Trinajstić information content (AvgIpc) is 3.20. The topological polar surface area (TPSA) is 142 Å². The zero-order chi connectivity index (χ0) is 16.3. The Labute approximate surface area is 126 Å². The van der Waals surface area contributed by atoms with Crippen LogP contribution in [0, 0.1) is 0 Å². The fourth-order valence-corrected chi connectivity index (χ4v) is 2.63. The number of nitrogens with zero attached hydrogens (tertiary/aromatic N) is 3. The van der Waals surface area contributed by atoms with Crippen LogP contribution in [0.15, 0.2) is 5.11 Å². The van der Waals surface area contributed by atoms with Crippen molar-refractivity contribution in [3.63, 3.8) is 0 Å². The third-order valence-electron chi connectivity index (χ3n) is 3.55. The maximum absolute atomic E-state index is 11.3. The number of esters is 2. The van der Waals surface area contributed by atoms with Crippen LogP contribution in [-0.4, -0.2) is 62.3 Å². The van der Waals surface area contributed by atoms with Crippen molar-refractivity contribution in [2.24, 2.45) is 5.11 Å². The summed E-state index contributed by atoms with van der Waals surface area (Å²) in [4.78, 5) is 25.2. The molecule has 122 valence electrons. The molecule has 10 heteroatoms. The summed E-state index contributed by atoms with van der Waals surface area (Å²) < 4.78 is 21.4. The number of hydrogen-bond donors (Lipinski definition) is 1. The van der Waals surface area contributed by atoms with Crippen LogP contribution < -0.4 is 5.32 Å². The lowest BCUT2D eigenvalue weighted by Crippen LogP contribution is -2.62. The highest BCUT2D eigenvalue weighted by atomic mass is 16.6. The molecule has 0 bridgehead atoms. The Kier molecular flexibility index (Phi) is 4.87. The van der Waals surface area contributed by atoms with Crippen LogP contribution in [0.4, 0.5) is 0 Å². The van der Waals surface area contributed by atoms with Crippen molar-refractivity contribution in [1.29, 1.82) is 0 Å². The molecule has 2 heterocycles. The van der Waals surface area contributed by atoms with E-state index in [2.05, 4.69) is 15.3 Å². The van der Waals surface area contributed by atoms with Gasteiger partial charge in [-0.2, -0.15) is 0 Å². The van der Waals surface area contributed by atoms with Gasteiger partial charge in [-0.05, 0) is 5.53 Å². The minimum Gasteiger partial charge on any atom is -0.463 e. The molecule has 0 amide bonds. The van der Waals surface area contributed by atoms with Gasteiger partial charge in [-0.1, -0.05) is 5.11 Å². The van der Waals surface area contributed by atoms with Crippen molar-refractivity contribution in [2.45, 2.75) is 43.9 Å². The maximum Gasteiger partial charge on any atom is 0.303 e. The van der Waals surface area contributed by atoms with E-state index in [1.54, 1.807) is 0 Å². The summed E-state index contributed by atoms with van der Waals surface area (Å²) in [6.07, 6.45) is -2.29. The third kappa shape index (κ3) is 3.30. The lowest BCUT2D eigenvalue weighted by atomic mass is 9.92. The van der Waals surface area contributed by atoms with Gasteiger partial charge in [0.2, 0.25) is 0 Å². The lowest BCUT2D eigenvalue weighted by molar-refractivity contribution is -0.223. The lowest BCUT2D eigenvalue weighted by Gasteiger charge is -2.43. The summed E-state index contributed by atoms with van der Waals surface area (Å²) >= 11 is 0. The number of hydrogen-bond acceptors (Lipinski definition) is 8. The normalized spacial score (nSPS) is 36.3. The fraction of sp³-hybridized carbons (Fsp3) is 0.833. The molecule has 2 rings (SSSR count). The predicted octanol–water partition coefficient (Wildman–Crippen LogP) is -0.127. The molecule has 2 fully saturated rings. The second kappa shape index (κ2) is 6.49. The first kappa shape index (κ1) is 16.5. The number of methoxy groups -OCH3 is 1. The third-order valence-corrected chi connectivity index (χ3v) is 3.55. The fourth-order valence-electron chi connectivity index (χ4n) is 2.63. The molecule has 0 aromatic rings. The van der Waals surface area contributed by atoms with Crippen molar-refractivity contribution >= 4 is 11.9 Å². The number of rotatable bonds is 5. The molecule has 2 saturated heterocycles. The first-order chi connectivity index (χ1) is 10.4. The Balaban J connectivity index is 2.27. The smallest absolute Gasteiger partial charge is 0.303 e. The number of nitrogens with one attached hydrogen (secondary N) is 1. The van der Waals surface area contributed by atoms with E-state index in [4.69, 9.17) is 24.5 Å². The largest absolute Gasteiger partial charge is 0.463 e. The Morgan fingerprint density at radius 1 is 1.45 bits per heavy atom. The zero-order valence-corrected chi connectivity index (χ0v) is 12.5. The van der Waals surface area contributed by atoms with E-state index in [9.17, 15) is 9.59 Å². The van der Waals surface area contributed by atoms with Crippen molar-refractivity contribution in [2.75, 3.05) is 20.3 Å². The van der Waals surface area contributed by atoms with Gasteiger partial charge in [0.25, 0.3) is 0 Å². The first-order valence-corrected chi connectivity index (χ1v) is 6.74. The molecule has 22 heavy (non-hydrogen) atoms. The Morgan fingerprint density at radius 2 is 2.14 bits per heavy atom. The molecule has 3 unspecified atom stereocenters. The van der Waals surface area contributed by atoms with Crippen molar-refractivity contribution < 1.29 is 28.5 Å². The molecule has 0 aromatic carbocycles. The Hall–Kier alpha value is -1.87. The van der Waals surface area contributed by atoms with Crippen LogP contribution >= 0.6 is 0 Å². The van der Waals surface area contributed by atoms with Crippen molar-refractivity contribution in [3.8, 4) is 0 Å². The van der Waals surface area contributed by atoms with Gasteiger partial charge >= 0.3 is 11.9 Å². The van der Waals surface area contributed by atoms with Gasteiger partial charge in [0.1, 0.15) is 31.0 Å². The highest BCUT2D eigenvalue weighted by Crippen LogP contribution is 2.39. The summed E-state index contributed by atoms with van der Waals surface area (Å²) in [7, 11) is 1.45. The van der Waals surface area contributed by atoms with E-state index >= 15 is 0 Å². The first-order valence-electron chi connectivity index (χ1n) is 6.74. The molecule has 0 aromatic heterocycles. The molecule has 1 spiro atoms. The van der Waals surface area contributed by atoms with E-state index in [1.165, 1.54) is 21.0 Å². The van der Waals surface area contributed by atoms with Gasteiger partial charge in [-0.3, -0.25) is 14.9 Å². The molecular weight excluding hydrogens is 296 g/mol. The van der Waals surface area contributed by atoms with Gasteiger partial charge < -0.3 is 18.9 Å². The summed E-state index contributed by atoms with van der Waals surface area (Å²) in [6.45, 7) is 2.87. The van der Waals surface area contributed by atoms with E-state index < -0.39 is 42.0 Å². The number of azide groups is 1. The van der Waals surface area contributed by atoms with Crippen LogP contribution in [-0.2, 0) is 28.5 Å². The predicted molar refractivity (Wildman–Crippen MR) is 71.5 cm³/mol. The van der Waals surface area contributed by atoms with Gasteiger partial charge in [-0.15, -0.1) is 0 Å². The standard InChI is InChI=1S/C12H18N4O6/c1-6(17)20-4-8-10(21-7(2)18)9(15-16-13)11(19-3)12(22-8)5-14-12/h8-11,14H,4-5H2,1-3H3/t8?,9?,10-,11?,12-/m0/s1. The molecule has 0 saturated carbocycles. The number of carbonyl (C=O) groups excluding carboxylic acids is 2. The molecule has 0 aliphatic carbocycles. The van der Waals surface area contributed by atoms with E-state index in [0.29, 0.717) is 6.54 Å². The number of carbonyl (C=O) groups is 2. The average molecular weight is 314 g/mol. The van der Waals surface area contributed by atoms with Crippen LogP contribution in [0.3, 0.4) is 0 Å². The van der Waals surface area contributed by atoms with Crippen LogP contribution in [0.1, 0.15) is 13.8 Å². The van der Waals surface area contributed by atoms with Gasteiger partial charge in [-0.25, -0.2) is 0 Å². The highest BCUT2D eigenvalue weighted by molar-refractivity contribution is 5.66. The minimum atomic E-state index is -0.911. The van der Waals surface area contributed by atoms with Crippen LogP contribution in [0.2, 0.25) is 0 Å². The second-order valence-electron chi connectivity index (χ2n) is 5.13. The molecule has 5 atom stereocenters. The molecular formula is C12H18N4O6. The Bertz CT molecular complexity index is 502. The summed E-state index contributed by atoms with van der Waals surface area (Å²) in [5.74, 6) is -1.05. The molecule has 1 N–H and O–H groups in total. The Morgan fingerprint density at radius 3 is 2.59 bits per heavy atom. The quantitative estimate of drug-likeness (QED) is 0.245. The maximum atomic E-state index is 11.3. The van der Waals surface area contributed by atoms with Crippen LogP contribution in [0.25, 0.3) is 10.4 Å². The van der Waals surface area contributed by atoms with Gasteiger partial charge in [0.15, 0.2) is 5.72 Å². The van der Waals surface area contributed by atoms with Crippen LogP contribution in [0.5, 0.6) is 0 Å². The monoisotopic (exact) mass is 314 g/mol. The second-order valence-corrected chi connectivity index (χ2v) is 5.13. The van der Waals surface area contributed by atoms with E-state index in [0.717, 1.165) is 0 Å². The molecule has 2 aliphatic heterocycles. The molecule has 0 radical (unpaired) electrons. The van der Waals surface area contributed by atoms with Crippen molar-refractivity contribution in [3.05, 3.63) is 10.4 Å². The minimum absolute atomic E-state index is 0.120. The van der Waals surface area contributed by atoms with E-state index in [-0.39, 0.29) is 6.61 Å². The van der Waals surface area contributed by atoms with E-state index in [1.807, 2.05) is 0 Å². The summed E-state index contributed by atoms with van der Waals surface area (Å²) in [6, 6.07) is -0.803. The highest BCUT2D eigenvalue weighted by Gasteiger charge is 2.62. The summed E-state index contributed by atoms with van der Waals surface area (Å²) in [5, 5.41) is 6.72. The molecule has 2 aliphatic rings. The molecule has 10 nitrogen and oxygen atoms in total. The van der Waals surface area contributed by atoms with Gasteiger partial charge in [0.05, 0.1) is 0 Å².